The minimum absolute atomic E-state index is 0.328. The summed E-state index contributed by atoms with van der Waals surface area (Å²) in [4.78, 5) is 14.3. The number of hydrogen-bond donors (Lipinski definition) is 1. The van der Waals surface area contributed by atoms with Gasteiger partial charge in [-0.05, 0) is 12.2 Å². The minimum atomic E-state index is -0.328. The van der Waals surface area contributed by atoms with E-state index in [0.29, 0.717) is 5.70 Å². The van der Waals surface area contributed by atoms with Gasteiger partial charge in [0.2, 0.25) is 11.1 Å². The van der Waals surface area contributed by atoms with Gasteiger partial charge in [0.1, 0.15) is 5.53 Å². The topological polar surface area (TPSA) is 70.4 Å². The van der Waals surface area contributed by atoms with Gasteiger partial charge in [0.15, 0.2) is 10.8 Å². The van der Waals surface area contributed by atoms with Crippen molar-refractivity contribution < 1.29 is 4.76 Å². The molecular weight excluding hydrogens is 180 g/mol. The molecule has 0 amide bonds. The second-order valence-corrected chi connectivity index (χ2v) is 2.91. The minimum Gasteiger partial charge on any atom is -0.0617 e. The van der Waals surface area contributed by atoms with E-state index in [4.69, 9.17) is 5.53 Å². The van der Waals surface area contributed by atoms with E-state index in [-0.39, 0.29) is 6.04 Å². The first-order chi connectivity index (χ1) is 6.83. The van der Waals surface area contributed by atoms with E-state index >= 15 is 0 Å². The maximum Gasteiger partial charge on any atom is 0.253 e. The number of fused-ring (bicyclic) bond motifs is 1. The molecule has 0 spiro atoms. The molecule has 1 N–H and O–H groups in total. The molecule has 0 aromatic heterocycles. The van der Waals surface area contributed by atoms with E-state index in [0.717, 1.165) is 10.3 Å². The fourth-order valence-corrected chi connectivity index (χ4v) is 1.47. The van der Waals surface area contributed by atoms with E-state index in [1.165, 1.54) is 6.20 Å². The average Bonchev–Trinajstić information content (AvgIpc) is 2.23. The lowest BCUT2D eigenvalue weighted by molar-refractivity contribution is -0.499. The van der Waals surface area contributed by atoms with Crippen LogP contribution in [0.15, 0.2) is 53.0 Å². The lowest BCUT2D eigenvalue weighted by Crippen LogP contribution is -2.24. The first-order valence-corrected chi connectivity index (χ1v) is 4.13. The van der Waals surface area contributed by atoms with Crippen molar-refractivity contribution in [2.75, 3.05) is 0 Å². The van der Waals surface area contributed by atoms with Gasteiger partial charge in [-0.1, -0.05) is 12.2 Å². The lowest BCUT2D eigenvalue weighted by atomic mass is 9.98. The third-order valence-corrected chi connectivity index (χ3v) is 2.11. The van der Waals surface area contributed by atoms with Gasteiger partial charge in [0.05, 0.1) is 5.57 Å². The van der Waals surface area contributed by atoms with Crippen molar-refractivity contribution in [3.8, 4) is 0 Å². The van der Waals surface area contributed by atoms with Crippen molar-refractivity contribution in [1.29, 1.82) is 5.53 Å². The van der Waals surface area contributed by atoms with Gasteiger partial charge in [0, 0.05) is 15.7 Å². The van der Waals surface area contributed by atoms with Gasteiger partial charge in [-0.15, -0.1) is 0 Å². The first-order valence-electron chi connectivity index (χ1n) is 4.13. The van der Waals surface area contributed by atoms with Crippen LogP contribution in [-0.2, 0) is 0 Å². The second kappa shape index (κ2) is 3.32. The lowest BCUT2D eigenvalue weighted by Gasteiger charge is -2.10. The monoisotopic (exact) mass is 188 g/mol. The molecule has 0 fully saturated rings. The van der Waals surface area contributed by atoms with Crippen LogP contribution in [0.2, 0.25) is 0 Å². The van der Waals surface area contributed by atoms with Crippen molar-refractivity contribution >= 4 is 0 Å². The Hall–Kier alpha value is -2.13. The molecule has 5 nitrogen and oxygen atoms in total. The van der Waals surface area contributed by atoms with Gasteiger partial charge in [-0.2, -0.15) is 0 Å². The highest BCUT2D eigenvalue weighted by atomic mass is 16.3. The molecule has 1 heterocycles. The zero-order chi connectivity index (χ0) is 9.97. The van der Waals surface area contributed by atoms with E-state index in [1.54, 1.807) is 12.2 Å². The van der Waals surface area contributed by atoms with E-state index in [9.17, 15) is 4.91 Å². The second-order valence-electron chi connectivity index (χ2n) is 2.91. The summed E-state index contributed by atoms with van der Waals surface area (Å²) in [5, 5.41) is 3.64. The zero-order valence-corrected chi connectivity index (χ0v) is 7.29. The summed E-state index contributed by atoms with van der Waals surface area (Å²) in [5.41, 5.74) is 8.00. The van der Waals surface area contributed by atoms with Gasteiger partial charge in [-0.3, -0.25) is 0 Å². The standard InChI is InChI=1S/C9H8N4O/c10-12-11-8-5-6-13(14)9-4-2-1-3-7(8)9/h1-6,9-10H/q+2. The van der Waals surface area contributed by atoms with Crippen molar-refractivity contribution in [1.82, 2.24) is 4.91 Å². The number of nitrogens with zero attached hydrogens (tertiary/aromatic N) is 3. The zero-order valence-electron chi connectivity index (χ0n) is 7.29. The number of nitroso groups, excluding NO2 is 1. The predicted molar refractivity (Wildman–Crippen MR) is 49.1 cm³/mol. The smallest absolute Gasteiger partial charge is 0.0617 e. The maximum absolute atomic E-state index is 11.4. The Labute approximate surface area is 79.9 Å². The maximum atomic E-state index is 11.4. The molecule has 0 bridgehead atoms. The molecule has 2 aliphatic rings. The number of nitrogens with one attached hydrogen (secondary N) is 1. The molecule has 0 aromatic rings. The third-order valence-electron chi connectivity index (χ3n) is 2.11. The SMILES string of the molecule is N=[N+]=NC1=C2C=CC=CC2[N+](=O)C=C1. The molecule has 1 unspecified atom stereocenters. The molecule has 68 valence electrons. The average molecular weight is 188 g/mol. The van der Waals surface area contributed by atoms with Crippen molar-refractivity contribution in [2.45, 2.75) is 6.04 Å². The Morgan fingerprint density at radius 2 is 2.29 bits per heavy atom. The Balaban J connectivity index is 2.54. The number of allylic oxidation sites excluding steroid dienone is 3. The van der Waals surface area contributed by atoms with Crippen LogP contribution in [-0.4, -0.2) is 10.8 Å². The quantitative estimate of drug-likeness (QED) is 0.379. The molecular formula is C9H8N4O+2. The Bertz CT molecular complexity index is 449. The summed E-state index contributed by atoms with van der Waals surface area (Å²) < 4.78 is 0.846. The normalized spacial score (nSPS) is 23.4. The van der Waals surface area contributed by atoms with Crippen LogP contribution in [0.3, 0.4) is 0 Å². The predicted octanol–water partition coefficient (Wildman–Crippen LogP) is 1.59. The summed E-state index contributed by atoms with van der Waals surface area (Å²) in [6.45, 7) is 0. The van der Waals surface area contributed by atoms with Crippen LogP contribution in [0.5, 0.6) is 0 Å². The molecule has 1 aliphatic heterocycles. The molecule has 1 aliphatic carbocycles. The van der Waals surface area contributed by atoms with E-state index in [1.807, 2.05) is 18.2 Å². The summed E-state index contributed by atoms with van der Waals surface area (Å²) in [6.07, 6.45) is 10.2. The fraction of sp³-hybridized carbons (Fsp3) is 0.111. The molecule has 1 atom stereocenters. The Morgan fingerprint density at radius 1 is 1.43 bits per heavy atom. The summed E-state index contributed by atoms with van der Waals surface area (Å²) >= 11 is 0. The van der Waals surface area contributed by atoms with Crippen LogP contribution in [0.25, 0.3) is 0 Å². The van der Waals surface area contributed by atoms with Crippen LogP contribution in [0, 0.1) is 10.4 Å². The van der Waals surface area contributed by atoms with Gasteiger partial charge in [0.25, 0.3) is 6.04 Å². The summed E-state index contributed by atoms with van der Waals surface area (Å²) in [5.74, 6) is 0. The van der Waals surface area contributed by atoms with Crippen molar-refractivity contribution in [3.63, 3.8) is 0 Å². The summed E-state index contributed by atoms with van der Waals surface area (Å²) in [7, 11) is 0. The summed E-state index contributed by atoms with van der Waals surface area (Å²) in [6, 6.07) is -0.328. The highest BCUT2D eigenvalue weighted by Crippen LogP contribution is 2.24. The molecule has 0 radical (unpaired) electrons. The largest absolute Gasteiger partial charge is 0.253 e. The van der Waals surface area contributed by atoms with Crippen LogP contribution in [0.4, 0.5) is 0 Å². The molecule has 0 saturated heterocycles. The van der Waals surface area contributed by atoms with Crippen LogP contribution in [0.1, 0.15) is 0 Å². The number of rotatable bonds is 1. The first kappa shape index (κ1) is 8.47. The van der Waals surface area contributed by atoms with Gasteiger partial charge >= 0.3 is 0 Å². The fourth-order valence-electron chi connectivity index (χ4n) is 1.47. The molecule has 5 heteroatoms. The van der Waals surface area contributed by atoms with Crippen molar-refractivity contribution in [2.24, 2.45) is 5.11 Å². The third kappa shape index (κ3) is 1.26. The van der Waals surface area contributed by atoms with Crippen LogP contribution >= 0.6 is 0 Å². The van der Waals surface area contributed by atoms with Gasteiger partial charge < -0.3 is 0 Å². The Morgan fingerprint density at radius 3 is 3.07 bits per heavy atom. The van der Waals surface area contributed by atoms with Crippen molar-refractivity contribution in [3.05, 3.63) is 52.8 Å². The molecule has 0 saturated carbocycles. The van der Waals surface area contributed by atoms with E-state index in [2.05, 4.69) is 10.0 Å². The highest BCUT2D eigenvalue weighted by Gasteiger charge is 2.32. The number of hydrogen-bond acceptors (Lipinski definition) is 3. The Kier molecular flexibility index (Phi) is 2.01. The molecule has 14 heavy (non-hydrogen) atoms. The van der Waals surface area contributed by atoms with Crippen LogP contribution < -0.4 is 4.91 Å². The molecule has 2 rings (SSSR count). The van der Waals surface area contributed by atoms with E-state index < -0.39 is 0 Å². The molecule has 0 aromatic carbocycles. The highest BCUT2D eigenvalue weighted by molar-refractivity contribution is 5.42. The van der Waals surface area contributed by atoms with Gasteiger partial charge in [-0.25, -0.2) is 0 Å².